The highest BCUT2D eigenvalue weighted by atomic mass is 79.9. The lowest BCUT2D eigenvalue weighted by molar-refractivity contribution is 0.102. The number of nitrogens with one attached hydrogen (secondary N) is 1. The van der Waals surface area contributed by atoms with Gasteiger partial charge < -0.3 is 5.32 Å². The van der Waals surface area contributed by atoms with Crippen LogP contribution in [-0.2, 0) is 10.0 Å². The van der Waals surface area contributed by atoms with Crippen molar-refractivity contribution in [3.05, 3.63) is 58.6 Å². The van der Waals surface area contributed by atoms with Gasteiger partial charge in [-0.15, -0.1) is 0 Å². The largest absolute Gasteiger partial charge is 0.322 e. The van der Waals surface area contributed by atoms with E-state index in [1.54, 1.807) is 12.1 Å². The molecule has 126 valence electrons. The van der Waals surface area contributed by atoms with E-state index in [9.17, 15) is 13.2 Å². The van der Waals surface area contributed by atoms with Gasteiger partial charge in [-0.2, -0.15) is 4.31 Å². The Hall–Kier alpha value is -1.70. The Balaban J connectivity index is 1.74. The van der Waals surface area contributed by atoms with Crippen LogP contribution >= 0.6 is 15.9 Å². The van der Waals surface area contributed by atoms with Crippen LogP contribution in [0.5, 0.6) is 0 Å². The van der Waals surface area contributed by atoms with Crippen LogP contribution in [0.2, 0.25) is 0 Å². The molecule has 2 aromatic carbocycles. The van der Waals surface area contributed by atoms with Crippen LogP contribution in [0.3, 0.4) is 0 Å². The van der Waals surface area contributed by atoms with Gasteiger partial charge in [-0.05, 0) is 61.4 Å². The Labute approximate surface area is 149 Å². The van der Waals surface area contributed by atoms with E-state index in [-0.39, 0.29) is 10.8 Å². The third-order valence-electron chi connectivity index (χ3n) is 3.92. The summed E-state index contributed by atoms with van der Waals surface area (Å²) in [6, 6.07) is 13.3. The molecule has 1 aliphatic rings. The maximum Gasteiger partial charge on any atom is 0.255 e. The lowest BCUT2D eigenvalue weighted by Crippen LogP contribution is -2.27. The van der Waals surface area contributed by atoms with Crippen molar-refractivity contribution in [1.29, 1.82) is 0 Å². The second kappa shape index (κ2) is 7.04. The van der Waals surface area contributed by atoms with E-state index in [0.29, 0.717) is 24.3 Å². The highest BCUT2D eigenvalue weighted by Gasteiger charge is 2.27. The summed E-state index contributed by atoms with van der Waals surface area (Å²) < 4.78 is 27.3. The minimum Gasteiger partial charge on any atom is -0.322 e. The van der Waals surface area contributed by atoms with E-state index in [0.717, 1.165) is 17.3 Å². The van der Waals surface area contributed by atoms with Gasteiger partial charge in [0.2, 0.25) is 10.0 Å². The van der Waals surface area contributed by atoms with E-state index >= 15 is 0 Å². The van der Waals surface area contributed by atoms with Crippen LogP contribution in [0, 0.1) is 0 Å². The summed E-state index contributed by atoms with van der Waals surface area (Å²) in [5, 5.41) is 2.78. The SMILES string of the molecule is O=C(Nc1ccc(Br)cc1)c1ccc(S(=O)(=O)N2CCCC2)cc1. The highest BCUT2D eigenvalue weighted by molar-refractivity contribution is 9.10. The normalized spacial score (nSPS) is 15.4. The van der Waals surface area contributed by atoms with E-state index < -0.39 is 10.0 Å². The van der Waals surface area contributed by atoms with Crippen LogP contribution in [0.1, 0.15) is 23.2 Å². The van der Waals surface area contributed by atoms with Crippen LogP contribution in [0.15, 0.2) is 57.9 Å². The van der Waals surface area contributed by atoms with Crippen molar-refractivity contribution >= 4 is 37.5 Å². The Morgan fingerprint density at radius 3 is 2.12 bits per heavy atom. The zero-order chi connectivity index (χ0) is 17.2. The van der Waals surface area contributed by atoms with Crippen molar-refractivity contribution in [2.75, 3.05) is 18.4 Å². The summed E-state index contributed by atoms with van der Waals surface area (Å²) in [5.41, 5.74) is 1.09. The summed E-state index contributed by atoms with van der Waals surface area (Å²) in [7, 11) is -3.45. The van der Waals surface area contributed by atoms with Gasteiger partial charge in [0.05, 0.1) is 4.90 Å². The van der Waals surface area contributed by atoms with Crippen molar-refractivity contribution in [3.8, 4) is 0 Å². The molecule has 1 amide bonds. The molecule has 3 rings (SSSR count). The van der Waals surface area contributed by atoms with Gasteiger partial charge in [-0.3, -0.25) is 4.79 Å². The first kappa shape index (κ1) is 17.1. The van der Waals surface area contributed by atoms with E-state index in [4.69, 9.17) is 0 Å². The van der Waals surface area contributed by atoms with Crippen LogP contribution in [-0.4, -0.2) is 31.7 Å². The number of carbonyl (C=O) groups is 1. The van der Waals surface area contributed by atoms with Crippen molar-refractivity contribution in [3.63, 3.8) is 0 Å². The molecule has 7 heteroatoms. The highest BCUT2D eigenvalue weighted by Crippen LogP contribution is 2.21. The van der Waals surface area contributed by atoms with Crippen molar-refractivity contribution in [2.24, 2.45) is 0 Å². The first-order valence-electron chi connectivity index (χ1n) is 7.64. The molecule has 0 saturated carbocycles. The van der Waals surface area contributed by atoms with E-state index in [1.807, 2.05) is 12.1 Å². The van der Waals surface area contributed by atoms with Gasteiger partial charge in [-0.1, -0.05) is 15.9 Å². The molecule has 1 heterocycles. The standard InChI is InChI=1S/C17H17BrN2O3S/c18-14-5-7-15(8-6-14)19-17(21)13-3-9-16(10-4-13)24(22,23)20-11-1-2-12-20/h3-10H,1-2,11-12H2,(H,19,21). The third kappa shape index (κ3) is 3.68. The summed E-state index contributed by atoms with van der Waals surface area (Å²) in [6.45, 7) is 1.13. The maximum atomic E-state index is 12.5. The van der Waals surface area contributed by atoms with E-state index in [1.165, 1.54) is 28.6 Å². The van der Waals surface area contributed by atoms with E-state index in [2.05, 4.69) is 21.2 Å². The van der Waals surface area contributed by atoms with Gasteiger partial charge >= 0.3 is 0 Å². The number of rotatable bonds is 4. The molecular weight excluding hydrogens is 392 g/mol. The number of benzene rings is 2. The van der Waals surface area contributed by atoms with Crippen LogP contribution in [0.25, 0.3) is 0 Å². The Kier molecular flexibility index (Phi) is 5.03. The molecule has 0 unspecified atom stereocenters. The molecule has 0 aliphatic carbocycles. The summed E-state index contributed by atoms with van der Waals surface area (Å²) in [4.78, 5) is 12.5. The number of hydrogen-bond acceptors (Lipinski definition) is 3. The fourth-order valence-corrected chi connectivity index (χ4v) is 4.37. The summed E-state index contributed by atoms with van der Waals surface area (Å²) in [6.07, 6.45) is 1.79. The van der Waals surface area contributed by atoms with Crippen molar-refractivity contribution in [1.82, 2.24) is 4.31 Å². The number of amides is 1. The molecule has 1 N–H and O–H groups in total. The second-order valence-electron chi connectivity index (χ2n) is 5.60. The number of carbonyl (C=O) groups excluding carboxylic acids is 1. The lowest BCUT2D eigenvalue weighted by atomic mass is 10.2. The molecule has 1 fully saturated rings. The monoisotopic (exact) mass is 408 g/mol. The molecule has 24 heavy (non-hydrogen) atoms. The van der Waals surface area contributed by atoms with Crippen molar-refractivity contribution < 1.29 is 13.2 Å². The Morgan fingerprint density at radius 2 is 1.54 bits per heavy atom. The molecule has 0 aromatic heterocycles. The number of halogens is 1. The lowest BCUT2D eigenvalue weighted by Gasteiger charge is -2.15. The first-order valence-corrected chi connectivity index (χ1v) is 9.87. The zero-order valence-electron chi connectivity index (χ0n) is 12.9. The quantitative estimate of drug-likeness (QED) is 0.841. The molecule has 0 spiro atoms. The van der Waals surface area contributed by atoms with Gasteiger partial charge in [0.25, 0.3) is 5.91 Å². The molecule has 1 aliphatic heterocycles. The molecule has 5 nitrogen and oxygen atoms in total. The fraction of sp³-hybridized carbons (Fsp3) is 0.235. The van der Waals surface area contributed by atoms with Crippen LogP contribution < -0.4 is 5.32 Å². The topological polar surface area (TPSA) is 66.5 Å². The maximum absolute atomic E-state index is 12.5. The minimum absolute atomic E-state index is 0.226. The van der Waals surface area contributed by atoms with Crippen LogP contribution in [0.4, 0.5) is 5.69 Å². The summed E-state index contributed by atoms with van der Waals surface area (Å²) in [5.74, 6) is -0.276. The predicted molar refractivity (Wildman–Crippen MR) is 96.5 cm³/mol. The average molecular weight is 409 g/mol. The van der Waals surface area contributed by atoms with Gasteiger partial charge in [0, 0.05) is 28.8 Å². The predicted octanol–water partition coefficient (Wildman–Crippen LogP) is 3.49. The molecule has 0 bridgehead atoms. The third-order valence-corrected chi connectivity index (χ3v) is 6.36. The molecule has 2 aromatic rings. The number of sulfonamides is 1. The summed E-state index contributed by atoms with van der Waals surface area (Å²) >= 11 is 3.34. The molecule has 0 atom stereocenters. The van der Waals surface area contributed by atoms with Crippen molar-refractivity contribution in [2.45, 2.75) is 17.7 Å². The number of nitrogens with zero attached hydrogens (tertiary/aromatic N) is 1. The number of hydrogen-bond donors (Lipinski definition) is 1. The molecule has 1 saturated heterocycles. The zero-order valence-corrected chi connectivity index (χ0v) is 15.3. The minimum atomic E-state index is -3.45. The smallest absolute Gasteiger partial charge is 0.255 e. The second-order valence-corrected chi connectivity index (χ2v) is 8.45. The Bertz CT molecular complexity index is 827. The molecular formula is C17H17BrN2O3S. The van der Waals surface area contributed by atoms with Gasteiger partial charge in [0.1, 0.15) is 0 Å². The van der Waals surface area contributed by atoms with Gasteiger partial charge in [-0.25, -0.2) is 8.42 Å². The van der Waals surface area contributed by atoms with Gasteiger partial charge in [0.15, 0.2) is 0 Å². The molecule has 0 radical (unpaired) electrons. The average Bonchev–Trinajstić information content (AvgIpc) is 3.12. The fourth-order valence-electron chi connectivity index (χ4n) is 2.59. The first-order chi connectivity index (χ1) is 11.5. The number of anilines is 1. The Morgan fingerprint density at radius 1 is 0.958 bits per heavy atom.